The van der Waals surface area contributed by atoms with E-state index in [1.165, 1.54) is 5.56 Å². The summed E-state index contributed by atoms with van der Waals surface area (Å²) in [6.45, 7) is 13.3. The van der Waals surface area contributed by atoms with Crippen LogP contribution in [0.4, 0.5) is 0 Å². The number of nitrogens with zero attached hydrogens (tertiary/aromatic N) is 1. The Labute approximate surface area is 122 Å². The summed E-state index contributed by atoms with van der Waals surface area (Å²) in [4.78, 5) is 13.8. The normalized spacial score (nSPS) is 10.4. The van der Waals surface area contributed by atoms with Gasteiger partial charge in [-0.05, 0) is 37.5 Å². The standard InChI is InChI=1S/C17H25NO2/c1-6-18(11-13(2)3)17(19)12-20-16-9-7-15(8-10-16)14(4)5/h7-10,14H,2,6,11-12H2,1,3-5H3. The molecular weight excluding hydrogens is 250 g/mol. The van der Waals surface area contributed by atoms with Gasteiger partial charge >= 0.3 is 0 Å². The first-order valence-electron chi connectivity index (χ1n) is 7.09. The Morgan fingerprint density at radius 2 is 1.90 bits per heavy atom. The molecule has 0 saturated heterocycles. The van der Waals surface area contributed by atoms with Crippen molar-refractivity contribution < 1.29 is 9.53 Å². The van der Waals surface area contributed by atoms with E-state index in [0.717, 1.165) is 11.3 Å². The van der Waals surface area contributed by atoms with E-state index in [4.69, 9.17) is 4.74 Å². The van der Waals surface area contributed by atoms with Gasteiger partial charge in [-0.15, -0.1) is 0 Å². The van der Waals surface area contributed by atoms with Gasteiger partial charge in [-0.3, -0.25) is 4.79 Å². The molecule has 0 aliphatic rings. The largest absolute Gasteiger partial charge is 0.484 e. The van der Waals surface area contributed by atoms with Crippen molar-refractivity contribution in [1.29, 1.82) is 0 Å². The van der Waals surface area contributed by atoms with Crippen molar-refractivity contribution in [3.05, 3.63) is 42.0 Å². The summed E-state index contributed by atoms with van der Waals surface area (Å²) in [7, 11) is 0. The van der Waals surface area contributed by atoms with Crippen LogP contribution in [0.25, 0.3) is 0 Å². The average molecular weight is 275 g/mol. The SMILES string of the molecule is C=C(C)CN(CC)C(=O)COc1ccc(C(C)C)cc1. The highest BCUT2D eigenvalue weighted by molar-refractivity contribution is 5.78. The molecule has 3 heteroatoms. The Kier molecular flexibility index (Phi) is 6.29. The molecule has 0 heterocycles. The maximum absolute atomic E-state index is 12.0. The number of benzene rings is 1. The summed E-state index contributed by atoms with van der Waals surface area (Å²) in [6.07, 6.45) is 0. The van der Waals surface area contributed by atoms with Crippen molar-refractivity contribution in [2.45, 2.75) is 33.6 Å². The number of amides is 1. The van der Waals surface area contributed by atoms with Gasteiger partial charge in [0.05, 0.1) is 0 Å². The molecule has 3 nitrogen and oxygen atoms in total. The highest BCUT2D eigenvalue weighted by atomic mass is 16.5. The van der Waals surface area contributed by atoms with Gasteiger partial charge in [0.1, 0.15) is 5.75 Å². The summed E-state index contributed by atoms with van der Waals surface area (Å²) in [6, 6.07) is 7.90. The van der Waals surface area contributed by atoms with E-state index in [-0.39, 0.29) is 12.5 Å². The smallest absolute Gasteiger partial charge is 0.260 e. The second kappa shape index (κ2) is 7.73. The van der Waals surface area contributed by atoms with E-state index in [1.54, 1.807) is 4.90 Å². The molecule has 0 bridgehead atoms. The molecule has 0 fully saturated rings. The third-order valence-corrected chi connectivity index (χ3v) is 3.10. The van der Waals surface area contributed by atoms with E-state index in [1.807, 2.05) is 38.1 Å². The molecule has 0 atom stereocenters. The van der Waals surface area contributed by atoms with E-state index in [0.29, 0.717) is 19.0 Å². The predicted molar refractivity (Wildman–Crippen MR) is 83.1 cm³/mol. The zero-order chi connectivity index (χ0) is 15.1. The second-order valence-corrected chi connectivity index (χ2v) is 5.38. The maximum atomic E-state index is 12.0. The first-order valence-corrected chi connectivity index (χ1v) is 7.09. The van der Waals surface area contributed by atoms with Crippen LogP contribution in [0.2, 0.25) is 0 Å². The maximum Gasteiger partial charge on any atom is 0.260 e. The molecule has 0 aliphatic heterocycles. The molecule has 0 saturated carbocycles. The summed E-state index contributed by atoms with van der Waals surface area (Å²) in [5.74, 6) is 1.22. The van der Waals surface area contributed by atoms with E-state index < -0.39 is 0 Å². The van der Waals surface area contributed by atoms with Gasteiger partial charge in [-0.25, -0.2) is 0 Å². The average Bonchev–Trinajstić information content (AvgIpc) is 2.42. The minimum atomic E-state index is -0.0107. The van der Waals surface area contributed by atoms with Gasteiger partial charge < -0.3 is 9.64 Å². The van der Waals surface area contributed by atoms with Crippen molar-refractivity contribution in [3.8, 4) is 5.75 Å². The van der Waals surface area contributed by atoms with E-state index in [2.05, 4.69) is 20.4 Å². The number of likely N-dealkylation sites (N-methyl/N-ethyl adjacent to an activating group) is 1. The van der Waals surface area contributed by atoms with Gasteiger partial charge in [0.25, 0.3) is 5.91 Å². The number of carbonyl (C=O) groups excluding carboxylic acids is 1. The molecule has 1 rings (SSSR count). The Hall–Kier alpha value is -1.77. The first-order chi connectivity index (χ1) is 9.43. The van der Waals surface area contributed by atoms with Gasteiger partial charge in [-0.1, -0.05) is 38.1 Å². The van der Waals surface area contributed by atoms with Crippen LogP contribution in [0.1, 0.15) is 39.2 Å². The van der Waals surface area contributed by atoms with Crippen molar-refractivity contribution in [3.63, 3.8) is 0 Å². The molecular formula is C17H25NO2. The Bertz CT molecular complexity index is 449. The topological polar surface area (TPSA) is 29.5 Å². The van der Waals surface area contributed by atoms with Crippen LogP contribution in [0.3, 0.4) is 0 Å². The fourth-order valence-electron chi connectivity index (χ4n) is 1.89. The lowest BCUT2D eigenvalue weighted by molar-refractivity contribution is -0.132. The van der Waals surface area contributed by atoms with Crippen molar-refractivity contribution in [2.75, 3.05) is 19.7 Å². The molecule has 110 valence electrons. The molecule has 0 radical (unpaired) electrons. The Morgan fingerprint density at radius 1 is 1.30 bits per heavy atom. The summed E-state index contributed by atoms with van der Waals surface area (Å²) >= 11 is 0. The van der Waals surface area contributed by atoms with Crippen LogP contribution in [-0.4, -0.2) is 30.5 Å². The van der Waals surface area contributed by atoms with Gasteiger partial charge in [0.15, 0.2) is 6.61 Å². The molecule has 20 heavy (non-hydrogen) atoms. The highest BCUT2D eigenvalue weighted by Crippen LogP contribution is 2.18. The summed E-state index contributed by atoms with van der Waals surface area (Å²) in [5, 5.41) is 0. The van der Waals surface area contributed by atoms with Crippen LogP contribution >= 0.6 is 0 Å². The minimum absolute atomic E-state index is 0.0107. The fourth-order valence-corrected chi connectivity index (χ4v) is 1.89. The monoisotopic (exact) mass is 275 g/mol. The van der Waals surface area contributed by atoms with Crippen LogP contribution in [0.15, 0.2) is 36.4 Å². The van der Waals surface area contributed by atoms with Crippen molar-refractivity contribution >= 4 is 5.91 Å². The number of hydrogen-bond acceptors (Lipinski definition) is 2. The molecule has 1 amide bonds. The molecule has 0 unspecified atom stereocenters. The number of ether oxygens (including phenoxy) is 1. The molecule has 0 aliphatic carbocycles. The van der Waals surface area contributed by atoms with Crippen LogP contribution in [0.5, 0.6) is 5.75 Å². The van der Waals surface area contributed by atoms with Crippen LogP contribution in [-0.2, 0) is 4.79 Å². The van der Waals surface area contributed by atoms with E-state index in [9.17, 15) is 4.79 Å². The molecule has 0 aromatic heterocycles. The number of rotatable bonds is 7. The summed E-state index contributed by atoms with van der Waals surface area (Å²) < 4.78 is 5.55. The third-order valence-electron chi connectivity index (χ3n) is 3.10. The third kappa shape index (κ3) is 5.08. The number of carbonyl (C=O) groups is 1. The zero-order valence-electron chi connectivity index (χ0n) is 13.0. The quantitative estimate of drug-likeness (QED) is 0.711. The lowest BCUT2D eigenvalue weighted by atomic mass is 10.0. The highest BCUT2D eigenvalue weighted by Gasteiger charge is 2.12. The Morgan fingerprint density at radius 3 is 2.35 bits per heavy atom. The molecule has 0 N–H and O–H groups in total. The van der Waals surface area contributed by atoms with Crippen molar-refractivity contribution in [2.24, 2.45) is 0 Å². The first kappa shape index (κ1) is 16.3. The van der Waals surface area contributed by atoms with Gasteiger partial charge in [-0.2, -0.15) is 0 Å². The summed E-state index contributed by atoms with van der Waals surface area (Å²) in [5.41, 5.74) is 2.24. The lowest BCUT2D eigenvalue weighted by Gasteiger charge is -2.21. The molecule has 1 aromatic rings. The zero-order valence-corrected chi connectivity index (χ0v) is 13.0. The minimum Gasteiger partial charge on any atom is -0.484 e. The predicted octanol–water partition coefficient (Wildman–Crippen LogP) is 3.61. The van der Waals surface area contributed by atoms with Crippen LogP contribution < -0.4 is 4.74 Å². The van der Waals surface area contributed by atoms with E-state index >= 15 is 0 Å². The second-order valence-electron chi connectivity index (χ2n) is 5.38. The van der Waals surface area contributed by atoms with Gasteiger partial charge in [0, 0.05) is 13.1 Å². The number of hydrogen-bond donors (Lipinski definition) is 0. The molecule has 0 spiro atoms. The lowest BCUT2D eigenvalue weighted by Crippen LogP contribution is -2.35. The van der Waals surface area contributed by atoms with Crippen molar-refractivity contribution in [1.82, 2.24) is 4.90 Å². The Balaban J connectivity index is 2.53. The fraction of sp³-hybridized carbons (Fsp3) is 0.471. The van der Waals surface area contributed by atoms with Crippen LogP contribution in [0, 0.1) is 0 Å². The van der Waals surface area contributed by atoms with Gasteiger partial charge in [0.2, 0.25) is 0 Å². The molecule has 1 aromatic carbocycles.